The van der Waals surface area contributed by atoms with Crippen molar-refractivity contribution in [2.24, 2.45) is 0 Å². The van der Waals surface area contributed by atoms with E-state index in [0.717, 1.165) is 77.6 Å². The molecule has 0 radical (unpaired) electrons. The van der Waals surface area contributed by atoms with Crippen LogP contribution >= 0.6 is 0 Å². The Morgan fingerprint density at radius 1 is 0.325 bits per heavy atom. The number of rotatable bonds is 4. The fourth-order valence-corrected chi connectivity index (χ4v) is 5.84. The molecule has 0 aliphatic rings. The maximum atomic E-state index is 6.74. The molecule has 0 fully saturated rings. The molecule has 2 heteroatoms. The molecule has 0 saturated heterocycles. The quantitative estimate of drug-likeness (QED) is 0.234. The Hall–Kier alpha value is -5.34. The van der Waals surface area contributed by atoms with Crippen molar-refractivity contribution in [2.75, 3.05) is 0 Å². The minimum absolute atomic E-state index is 0.877. The Balaban J connectivity index is 1.38. The summed E-state index contributed by atoms with van der Waals surface area (Å²) in [5, 5.41) is 4.47. The first-order chi connectivity index (χ1) is 19.8. The fraction of sp³-hybridized carbons (Fsp3) is 0. The first kappa shape index (κ1) is 22.6. The van der Waals surface area contributed by atoms with E-state index in [4.69, 9.17) is 8.83 Å². The molecule has 0 bridgehead atoms. The summed E-state index contributed by atoms with van der Waals surface area (Å²) in [6.07, 6.45) is 0. The third-order valence-electron chi connectivity index (χ3n) is 7.72. The number of hydrogen-bond donors (Lipinski definition) is 0. The second-order valence-electron chi connectivity index (χ2n) is 10.1. The third kappa shape index (κ3) is 3.58. The predicted molar refractivity (Wildman–Crippen MR) is 165 cm³/mol. The van der Waals surface area contributed by atoms with E-state index in [-0.39, 0.29) is 0 Å². The summed E-state index contributed by atoms with van der Waals surface area (Å²) in [5.41, 5.74) is 8.37. The minimum Gasteiger partial charge on any atom is -0.455 e. The highest BCUT2D eigenvalue weighted by Gasteiger charge is 2.20. The SMILES string of the molecule is c1ccc(-c2cc(-c3cccc4c3oc3ccccc34)ccc2-c2oc(-c3ccccc3)c3ccccc23)cc1. The van der Waals surface area contributed by atoms with Gasteiger partial charge >= 0.3 is 0 Å². The topological polar surface area (TPSA) is 26.3 Å². The summed E-state index contributed by atoms with van der Waals surface area (Å²) < 4.78 is 13.1. The highest BCUT2D eigenvalue weighted by Crippen LogP contribution is 2.44. The predicted octanol–water partition coefficient (Wildman–Crippen LogP) is 11.0. The van der Waals surface area contributed by atoms with E-state index in [2.05, 4.69) is 127 Å². The molecule has 40 heavy (non-hydrogen) atoms. The standard InChI is InChI=1S/C38H24O2/c1-3-12-25(13-4-1)34-24-27(28-19-11-20-30-29-16-9-10-21-35(29)39-37(28)30)22-23-33(34)38-32-18-8-7-17-31(32)36(40-38)26-14-5-2-6-15-26/h1-24H. The Labute approximate surface area is 231 Å². The van der Waals surface area contributed by atoms with Crippen molar-refractivity contribution in [1.29, 1.82) is 0 Å². The van der Waals surface area contributed by atoms with Crippen LogP contribution in [-0.4, -0.2) is 0 Å². The number of benzene rings is 6. The number of fused-ring (bicyclic) bond motifs is 4. The summed E-state index contributed by atoms with van der Waals surface area (Å²) in [7, 11) is 0. The molecule has 8 rings (SSSR count). The first-order valence-corrected chi connectivity index (χ1v) is 13.5. The van der Waals surface area contributed by atoms with Gasteiger partial charge in [-0.2, -0.15) is 0 Å². The van der Waals surface area contributed by atoms with Gasteiger partial charge in [-0.3, -0.25) is 0 Å². The summed E-state index contributed by atoms with van der Waals surface area (Å²) in [6.45, 7) is 0. The Kier molecular flexibility index (Phi) is 5.17. The van der Waals surface area contributed by atoms with Crippen LogP contribution in [0.5, 0.6) is 0 Å². The summed E-state index contributed by atoms with van der Waals surface area (Å²) in [4.78, 5) is 0. The van der Waals surface area contributed by atoms with Crippen LogP contribution in [0, 0.1) is 0 Å². The van der Waals surface area contributed by atoms with Crippen molar-refractivity contribution in [3.63, 3.8) is 0 Å². The lowest BCUT2D eigenvalue weighted by Gasteiger charge is -2.12. The van der Waals surface area contributed by atoms with Gasteiger partial charge in [0.2, 0.25) is 0 Å². The van der Waals surface area contributed by atoms with Crippen molar-refractivity contribution in [3.8, 4) is 44.9 Å². The maximum Gasteiger partial charge on any atom is 0.143 e. The second kappa shape index (κ2) is 9.14. The molecule has 0 amide bonds. The molecule has 0 spiro atoms. The molecule has 0 aliphatic carbocycles. The maximum absolute atomic E-state index is 6.74. The second-order valence-corrected chi connectivity index (χ2v) is 10.1. The van der Waals surface area contributed by atoms with E-state index in [1.165, 1.54) is 0 Å². The first-order valence-electron chi connectivity index (χ1n) is 13.5. The lowest BCUT2D eigenvalue weighted by Crippen LogP contribution is -1.87. The monoisotopic (exact) mass is 512 g/mol. The van der Waals surface area contributed by atoms with Crippen molar-refractivity contribution in [1.82, 2.24) is 0 Å². The van der Waals surface area contributed by atoms with Crippen molar-refractivity contribution in [3.05, 3.63) is 146 Å². The lowest BCUT2D eigenvalue weighted by atomic mass is 9.92. The Morgan fingerprint density at radius 2 is 0.950 bits per heavy atom. The smallest absolute Gasteiger partial charge is 0.143 e. The minimum atomic E-state index is 0.877. The third-order valence-corrected chi connectivity index (χ3v) is 7.72. The summed E-state index contributed by atoms with van der Waals surface area (Å²) >= 11 is 0. The molecule has 0 unspecified atom stereocenters. The average molecular weight is 513 g/mol. The van der Waals surface area contributed by atoms with Crippen LogP contribution in [0.1, 0.15) is 0 Å². The van der Waals surface area contributed by atoms with Crippen LogP contribution in [0.4, 0.5) is 0 Å². The van der Waals surface area contributed by atoms with Crippen LogP contribution in [0.15, 0.2) is 154 Å². The van der Waals surface area contributed by atoms with Gasteiger partial charge in [0.15, 0.2) is 0 Å². The zero-order chi connectivity index (χ0) is 26.5. The van der Waals surface area contributed by atoms with Gasteiger partial charge in [-0.1, -0.05) is 127 Å². The van der Waals surface area contributed by atoms with Crippen molar-refractivity contribution < 1.29 is 8.83 Å². The average Bonchev–Trinajstić information content (AvgIpc) is 3.61. The van der Waals surface area contributed by atoms with Crippen molar-refractivity contribution in [2.45, 2.75) is 0 Å². The van der Waals surface area contributed by atoms with Crippen LogP contribution in [0.25, 0.3) is 77.6 Å². The van der Waals surface area contributed by atoms with Gasteiger partial charge in [0.05, 0.1) is 0 Å². The van der Waals surface area contributed by atoms with Gasteiger partial charge in [0.1, 0.15) is 22.7 Å². The number of para-hydroxylation sites is 2. The normalized spacial score (nSPS) is 11.5. The molecule has 0 aliphatic heterocycles. The van der Waals surface area contributed by atoms with E-state index >= 15 is 0 Å². The van der Waals surface area contributed by atoms with Crippen LogP contribution in [0.3, 0.4) is 0 Å². The van der Waals surface area contributed by atoms with Gasteiger partial charge in [-0.15, -0.1) is 0 Å². The van der Waals surface area contributed by atoms with Crippen LogP contribution in [-0.2, 0) is 0 Å². The fourth-order valence-electron chi connectivity index (χ4n) is 5.84. The van der Waals surface area contributed by atoms with Crippen molar-refractivity contribution >= 4 is 32.7 Å². The van der Waals surface area contributed by atoms with Gasteiger partial charge in [-0.25, -0.2) is 0 Å². The van der Waals surface area contributed by atoms with E-state index in [1.54, 1.807) is 0 Å². The largest absolute Gasteiger partial charge is 0.455 e. The summed E-state index contributed by atoms with van der Waals surface area (Å²) in [5.74, 6) is 1.77. The summed E-state index contributed by atoms with van der Waals surface area (Å²) in [6, 6.07) is 50.6. The highest BCUT2D eigenvalue weighted by atomic mass is 16.3. The zero-order valence-corrected chi connectivity index (χ0v) is 21.7. The molecule has 6 aromatic carbocycles. The molecule has 0 saturated carbocycles. The molecular formula is C38H24O2. The van der Waals surface area contributed by atoms with Crippen LogP contribution < -0.4 is 0 Å². The van der Waals surface area contributed by atoms with Gasteiger partial charge in [-0.05, 0) is 34.9 Å². The van der Waals surface area contributed by atoms with E-state index < -0.39 is 0 Å². The lowest BCUT2D eigenvalue weighted by molar-refractivity contribution is 0.602. The van der Waals surface area contributed by atoms with E-state index in [1.807, 2.05) is 18.2 Å². The van der Waals surface area contributed by atoms with Gasteiger partial charge < -0.3 is 8.83 Å². The van der Waals surface area contributed by atoms with Gasteiger partial charge in [0, 0.05) is 38.2 Å². The van der Waals surface area contributed by atoms with E-state index in [9.17, 15) is 0 Å². The van der Waals surface area contributed by atoms with Crippen LogP contribution in [0.2, 0.25) is 0 Å². The van der Waals surface area contributed by atoms with E-state index in [0.29, 0.717) is 0 Å². The number of hydrogen-bond acceptors (Lipinski definition) is 2. The Morgan fingerprint density at radius 3 is 1.73 bits per heavy atom. The molecule has 8 aromatic rings. The Bertz CT molecular complexity index is 2150. The highest BCUT2D eigenvalue weighted by molar-refractivity contribution is 6.10. The molecule has 2 aromatic heterocycles. The molecule has 188 valence electrons. The number of furan rings is 2. The zero-order valence-electron chi connectivity index (χ0n) is 21.7. The molecule has 0 atom stereocenters. The molecule has 0 N–H and O–H groups in total. The molecule has 2 heterocycles. The van der Waals surface area contributed by atoms with Gasteiger partial charge in [0.25, 0.3) is 0 Å². The molecule has 2 nitrogen and oxygen atoms in total. The molecular weight excluding hydrogens is 488 g/mol.